The van der Waals surface area contributed by atoms with Crippen molar-refractivity contribution in [2.24, 2.45) is 0 Å². The molecule has 3 aromatic rings. The minimum Gasteiger partial charge on any atom is -0.379 e. The Balaban J connectivity index is 1.62. The molecule has 154 valence electrons. The van der Waals surface area contributed by atoms with Gasteiger partial charge in [-0.05, 0) is 30.7 Å². The van der Waals surface area contributed by atoms with E-state index in [9.17, 15) is 19.2 Å². The normalized spacial score (nSPS) is 11.6. The number of amides is 1. The zero-order valence-corrected chi connectivity index (χ0v) is 15.8. The van der Waals surface area contributed by atoms with E-state index in [0.717, 1.165) is 0 Å². The monoisotopic (exact) mass is 409 g/mol. The predicted molar refractivity (Wildman–Crippen MR) is 109 cm³/mol. The number of aldehydes is 2. The molecule has 0 aliphatic heterocycles. The van der Waals surface area contributed by atoms with E-state index in [0.29, 0.717) is 29.5 Å². The van der Waals surface area contributed by atoms with E-state index in [1.165, 1.54) is 6.20 Å². The molecule has 0 spiro atoms. The second kappa shape index (κ2) is 9.37. The Morgan fingerprint density at radius 3 is 2.67 bits per heavy atom. The summed E-state index contributed by atoms with van der Waals surface area (Å²) in [7, 11) is 0. The number of benzene rings is 1. The fourth-order valence-electron chi connectivity index (χ4n) is 2.66. The number of hydrogen-bond acceptors (Lipinski definition) is 9. The summed E-state index contributed by atoms with van der Waals surface area (Å²) in [4.78, 5) is 60.1. The van der Waals surface area contributed by atoms with Crippen LogP contribution in [0.3, 0.4) is 0 Å². The molecule has 0 radical (unpaired) electrons. The maximum Gasteiger partial charge on any atom is 0.280 e. The first-order chi connectivity index (χ1) is 14.5. The molecule has 1 atom stereocenters. The third-order valence-corrected chi connectivity index (χ3v) is 4.18. The van der Waals surface area contributed by atoms with E-state index >= 15 is 0 Å². The molecule has 0 saturated carbocycles. The largest absolute Gasteiger partial charge is 0.379 e. The van der Waals surface area contributed by atoms with Crippen molar-refractivity contribution < 1.29 is 14.4 Å². The predicted octanol–water partition coefficient (Wildman–Crippen LogP) is 0.184. The average molecular weight is 409 g/mol. The van der Waals surface area contributed by atoms with E-state index in [1.54, 1.807) is 24.3 Å². The van der Waals surface area contributed by atoms with E-state index in [-0.39, 0.29) is 36.5 Å². The molecule has 1 amide bonds. The van der Waals surface area contributed by atoms with Gasteiger partial charge < -0.3 is 26.0 Å². The number of anilines is 2. The molecule has 0 fully saturated rings. The molecule has 1 aromatic carbocycles. The van der Waals surface area contributed by atoms with Gasteiger partial charge >= 0.3 is 0 Å². The highest BCUT2D eigenvalue weighted by Gasteiger charge is 2.13. The molecule has 2 aromatic heterocycles. The SMILES string of the molecule is Nc1nc2ncc(CNc3ccc(C(=O)NC(C=O)CCC=O)cc3)nc2c(=O)[nH]1. The number of carbonyl (C=O) groups is 3. The Labute approximate surface area is 170 Å². The Hall–Kier alpha value is -4.15. The Bertz CT molecular complexity index is 1130. The molecule has 2 heterocycles. The number of aromatic amines is 1. The minimum absolute atomic E-state index is 0.0278. The van der Waals surface area contributed by atoms with Gasteiger partial charge in [0, 0.05) is 17.7 Å². The van der Waals surface area contributed by atoms with Crippen molar-refractivity contribution in [2.45, 2.75) is 25.4 Å². The van der Waals surface area contributed by atoms with Gasteiger partial charge in [0.2, 0.25) is 5.95 Å². The van der Waals surface area contributed by atoms with Gasteiger partial charge in [0.25, 0.3) is 11.5 Å². The average Bonchev–Trinajstić information content (AvgIpc) is 2.75. The van der Waals surface area contributed by atoms with Gasteiger partial charge in [0.05, 0.1) is 24.5 Å². The van der Waals surface area contributed by atoms with Crippen molar-refractivity contribution in [1.29, 1.82) is 0 Å². The number of fused-ring (bicyclic) bond motifs is 1. The molecule has 30 heavy (non-hydrogen) atoms. The smallest absolute Gasteiger partial charge is 0.280 e. The van der Waals surface area contributed by atoms with Crippen LogP contribution in [0.5, 0.6) is 0 Å². The number of carbonyl (C=O) groups excluding carboxylic acids is 3. The van der Waals surface area contributed by atoms with Gasteiger partial charge in [0.1, 0.15) is 12.6 Å². The van der Waals surface area contributed by atoms with Gasteiger partial charge in [-0.3, -0.25) is 14.6 Å². The Morgan fingerprint density at radius 2 is 1.97 bits per heavy atom. The molecule has 0 bridgehead atoms. The number of nitrogen functional groups attached to an aromatic ring is 1. The van der Waals surface area contributed by atoms with Crippen LogP contribution in [-0.2, 0) is 16.1 Å². The van der Waals surface area contributed by atoms with Crippen LogP contribution in [0.2, 0.25) is 0 Å². The summed E-state index contributed by atoms with van der Waals surface area (Å²) >= 11 is 0. The van der Waals surface area contributed by atoms with Crippen LogP contribution in [-0.4, -0.2) is 44.5 Å². The zero-order valence-electron chi connectivity index (χ0n) is 15.8. The molecule has 1 unspecified atom stereocenters. The fourth-order valence-corrected chi connectivity index (χ4v) is 2.66. The third kappa shape index (κ3) is 5.01. The van der Waals surface area contributed by atoms with Crippen LogP contribution in [0.1, 0.15) is 28.9 Å². The van der Waals surface area contributed by atoms with Crippen molar-refractivity contribution >= 4 is 41.3 Å². The van der Waals surface area contributed by atoms with Crippen LogP contribution in [0.15, 0.2) is 35.3 Å². The van der Waals surface area contributed by atoms with Gasteiger partial charge in [-0.25, -0.2) is 9.97 Å². The summed E-state index contributed by atoms with van der Waals surface area (Å²) in [6.07, 6.45) is 3.25. The maximum absolute atomic E-state index is 12.2. The van der Waals surface area contributed by atoms with Gasteiger partial charge in [-0.1, -0.05) is 0 Å². The number of nitrogens with one attached hydrogen (secondary N) is 3. The number of aromatic nitrogens is 4. The molecular formula is C19H19N7O4. The second-order valence-electron chi connectivity index (χ2n) is 6.38. The standard InChI is InChI=1S/C19H19N7O4/c20-19-25-16-15(18(30)26-19)23-14(9-22-16)8-21-12-5-3-11(4-6-12)17(29)24-13(10-28)2-1-7-27/h3-7,9-10,13,21H,1-2,8H2,(H,24,29)(H3,20,22,25,26,30). The topological polar surface area (TPSA) is 173 Å². The molecular weight excluding hydrogens is 390 g/mol. The third-order valence-electron chi connectivity index (χ3n) is 4.18. The fraction of sp³-hybridized carbons (Fsp3) is 0.211. The highest BCUT2D eigenvalue weighted by atomic mass is 16.2. The Morgan fingerprint density at radius 1 is 1.20 bits per heavy atom. The quantitative estimate of drug-likeness (QED) is 0.360. The van der Waals surface area contributed by atoms with Crippen molar-refractivity contribution in [3.63, 3.8) is 0 Å². The zero-order chi connectivity index (χ0) is 21.5. The first-order valence-electron chi connectivity index (χ1n) is 9.05. The summed E-state index contributed by atoms with van der Waals surface area (Å²) in [6, 6.07) is 5.88. The summed E-state index contributed by atoms with van der Waals surface area (Å²) in [5, 5.41) is 5.69. The van der Waals surface area contributed by atoms with E-state index in [2.05, 4.69) is 30.6 Å². The lowest BCUT2D eigenvalue weighted by atomic mass is 10.1. The van der Waals surface area contributed by atoms with E-state index in [1.807, 2.05) is 0 Å². The molecule has 5 N–H and O–H groups in total. The van der Waals surface area contributed by atoms with Crippen LogP contribution < -0.4 is 21.9 Å². The van der Waals surface area contributed by atoms with Crippen molar-refractivity contribution in [3.05, 3.63) is 52.1 Å². The van der Waals surface area contributed by atoms with E-state index in [4.69, 9.17) is 5.73 Å². The van der Waals surface area contributed by atoms with Crippen molar-refractivity contribution in [1.82, 2.24) is 25.3 Å². The highest BCUT2D eigenvalue weighted by molar-refractivity contribution is 5.96. The van der Waals surface area contributed by atoms with E-state index < -0.39 is 17.5 Å². The molecule has 3 rings (SSSR count). The van der Waals surface area contributed by atoms with Crippen LogP contribution >= 0.6 is 0 Å². The van der Waals surface area contributed by atoms with Gasteiger partial charge in [-0.2, -0.15) is 4.98 Å². The summed E-state index contributed by atoms with van der Waals surface area (Å²) in [5.74, 6) is -0.434. The number of nitrogens with zero attached hydrogens (tertiary/aromatic N) is 3. The first-order valence-corrected chi connectivity index (χ1v) is 9.05. The van der Waals surface area contributed by atoms with Gasteiger partial charge in [-0.15, -0.1) is 0 Å². The minimum atomic E-state index is -0.708. The van der Waals surface area contributed by atoms with Crippen molar-refractivity contribution in [2.75, 3.05) is 11.1 Å². The summed E-state index contributed by atoms with van der Waals surface area (Å²) in [5.41, 5.74) is 6.87. The number of nitrogens with two attached hydrogens (primary N) is 1. The number of H-pyrrole nitrogens is 1. The lowest BCUT2D eigenvalue weighted by molar-refractivity contribution is -0.110. The molecule has 0 aliphatic carbocycles. The van der Waals surface area contributed by atoms with Crippen molar-refractivity contribution in [3.8, 4) is 0 Å². The maximum atomic E-state index is 12.2. The lowest BCUT2D eigenvalue weighted by Gasteiger charge is -2.12. The second-order valence-corrected chi connectivity index (χ2v) is 6.38. The Kier molecular flexibility index (Phi) is 6.42. The number of rotatable bonds is 9. The van der Waals surface area contributed by atoms with Gasteiger partial charge in [0.15, 0.2) is 11.2 Å². The molecule has 11 nitrogen and oxygen atoms in total. The first kappa shape index (κ1) is 20.6. The van der Waals surface area contributed by atoms with Crippen LogP contribution in [0.4, 0.5) is 11.6 Å². The van der Waals surface area contributed by atoms with Crippen LogP contribution in [0.25, 0.3) is 11.2 Å². The lowest BCUT2D eigenvalue weighted by Crippen LogP contribution is -2.36. The highest BCUT2D eigenvalue weighted by Crippen LogP contribution is 2.12. The molecule has 0 aliphatic rings. The summed E-state index contributed by atoms with van der Waals surface area (Å²) in [6.45, 7) is 0.289. The van der Waals surface area contributed by atoms with Crippen LogP contribution in [0, 0.1) is 0 Å². The molecule has 0 saturated heterocycles. The summed E-state index contributed by atoms with van der Waals surface area (Å²) < 4.78 is 0. The molecule has 11 heteroatoms. The number of hydrogen-bond donors (Lipinski definition) is 4.